The maximum absolute atomic E-state index is 12.6. The van der Waals surface area contributed by atoms with Crippen LogP contribution in [0.1, 0.15) is 50.0 Å². The van der Waals surface area contributed by atoms with E-state index in [4.69, 9.17) is 28.7 Å². The lowest BCUT2D eigenvalue weighted by Crippen LogP contribution is -2.33. The zero-order chi connectivity index (χ0) is 31.7. The molecule has 1 atom stereocenters. The Morgan fingerprint density at radius 2 is 1.61 bits per heavy atom. The van der Waals surface area contributed by atoms with Crippen molar-refractivity contribution in [3.05, 3.63) is 118 Å². The molecule has 1 saturated heterocycles. The molecule has 3 aromatic carbocycles. The molecule has 0 N–H and O–H groups in total. The summed E-state index contributed by atoms with van der Waals surface area (Å²) in [6, 6.07) is 25.9. The lowest BCUT2D eigenvalue weighted by atomic mass is 10.1. The third kappa shape index (κ3) is 7.37. The monoisotopic (exact) mass is 618 g/mol. The van der Waals surface area contributed by atoms with E-state index in [9.17, 15) is 9.59 Å². The van der Waals surface area contributed by atoms with E-state index < -0.39 is 0 Å². The summed E-state index contributed by atoms with van der Waals surface area (Å²) in [4.78, 5) is 31.1. The highest BCUT2D eigenvalue weighted by molar-refractivity contribution is 6.21. The van der Waals surface area contributed by atoms with Crippen molar-refractivity contribution >= 4 is 11.8 Å². The van der Waals surface area contributed by atoms with Crippen LogP contribution in [0.4, 0.5) is 0 Å². The van der Waals surface area contributed by atoms with E-state index >= 15 is 0 Å². The van der Waals surface area contributed by atoms with Gasteiger partial charge in [-0.3, -0.25) is 14.5 Å². The van der Waals surface area contributed by atoms with E-state index in [1.807, 2.05) is 55.5 Å². The smallest absolute Gasteiger partial charge is 0.261 e. The summed E-state index contributed by atoms with van der Waals surface area (Å²) in [5.74, 6) is 7.50. The van der Waals surface area contributed by atoms with E-state index in [0.717, 1.165) is 16.7 Å². The molecule has 0 bridgehead atoms. The molecule has 234 valence electrons. The SMILES string of the molecule is CCc1c(OCc2ccccc2)cc(OCC2COCCO2)nc1C#Cc1ccc(OCCN2C(=O)c3ccccc3C2=O)cc1. The van der Waals surface area contributed by atoms with Gasteiger partial charge in [-0.15, -0.1) is 0 Å². The second-order valence-corrected chi connectivity index (χ2v) is 10.7. The number of carbonyl (C=O) groups excluding carboxylic acids is 2. The quantitative estimate of drug-likeness (QED) is 0.169. The molecule has 0 aliphatic carbocycles. The maximum Gasteiger partial charge on any atom is 0.261 e. The van der Waals surface area contributed by atoms with Gasteiger partial charge in [0.15, 0.2) is 0 Å². The van der Waals surface area contributed by atoms with Crippen LogP contribution in [-0.4, -0.2) is 67.4 Å². The third-order valence-electron chi connectivity index (χ3n) is 7.59. The number of hydrogen-bond donors (Lipinski definition) is 0. The molecule has 2 aliphatic rings. The summed E-state index contributed by atoms with van der Waals surface area (Å²) in [5.41, 5.74) is 4.14. The van der Waals surface area contributed by atoms with E-state index in [-0.39, 0.29) is 31.1 Å². The fourth-order valence-electron chi connectivity index (χ4n) is 5.18. The topological polar surface area (TPSA) is 96.4 Å². The number of nitrogens with zero attached hydrogens (tertiary/aromatic N) is 2. The number of hydrogen-bond acceptors (Lipinski definition) is 8. The van der Waals surface area contributed by atoms with E-state index in [0.29, 0.717) is 73.7 Å². The number of aromatic nitrogens is 1. The van der Waals surface area contributed by atoms with Crippen molar-refractivity contribution in [2.24, 2.45) is 0 Å². The van der Waals surface area contributed by atoms with Crippen LogP contribution in [0.3, 0.4) is 0 Å². The molecular formula is C37H34N2O7. The normalized spacial score (nSPS) is 15.6. The highest BCUT2D eigenvalue weighted by atomic mass is 16.6. The largest absolute Gasteiger partial charge is 0.492 e. The Bertz CT molecular complexity index is 1700. The Hall–Kier alpha value is -5.17. The first-order valence-electron chi connectivity index (χ1n) is 15.3. The highest BCUT2D eigenvalue weighted by Crippen LogP contribution is 2.28. The van der Waals surface area contributed by atoms with Gasteiger partial charge in [0.1, 0.15) is 43.1 Å². The van der Waals surface area contributed by atoms with Crippen LogP contribution >= 0.6 is 0 Å². The van der Waals surface area contributed by atoms with Gasteiger partial charge in [-0.25, -0.2) is 4.98 Å². The Kier molecular flexibility index (Phi) is 9.88. The minimum atomic E-state index is -0.297. The molecule has 0 spiro atoms. The number of fused-ring (bicyclic) bond motifs is 1. The number of carbonyl (C=O) groups is 2. The molecule has 9 nitrogen and oxygen atoms in total. The van der Waals surface area contributed by atoms with Crippen molar-refractivity contribution < 1.29 is 33.3 Å². The summed E-state index contributed by atoms with van der Waals surface area (Å²) >= 11 is 0. The standard InChI is InChI=1S/C37H34N2O7/c1-2-30-33(38-35(46-25-29-24-42-20-21-44-29)22-34(30)45-23-27-8-4-3-5-9-27)17-14-26-12-15-28(16-13-26)43-19-18-39-36(40)31-10-6-7-11-32(31)37(39)41/h3-13,15-16,22,29H,2,18-21,23-25H2,1H3. The third-order valence-corrected chi connectivity index (χ3v) is 7.59. The van der Waals surface area contributed by atoms with Crippen LogP contribution in [0.25, 0.3) is 0 Å². The summed E-state index contributed by atoms with van der Waals surface area (Å²) in [5, 5.41) is 0. The van der Waals surface area contributed by atoms with Crippen LogP contribution in [0, 0.1) is 11.8 Å². The Labute approximate surface area is 268 Å². The first-order valence-corrected chi connectivity index (χ1v) is 15.3. The first-order chi connectivity index (χ1) is 22.6. The van der Waals surface area contributed by atoms with Gasteiger partial charge in [0.05, 0.1) is 37.5 Å². The number of rotatable bonds is 11. The molecule has 1 fully saturated rings. The van der Waals surface area contributed by atoms with Gasteiger partial charge in [0.2, 0.25) is 5.88 Å². The summed E-state index contributed by atoms with van der Waals surface area (Å²) in [7, 11) is 0. The Morgan fingerprint density at radius 3 is 2.30 bits per heavy atom. The predicted molar refractivity (Wildman–Crippen MR) is 170 cm³/mol. The van der Waals surface area contributed by atoms with Gasteiger partial charge >= 0.3 is 0 Å². The van der Waals surface area contributed by atoms with Crippen molar-refractivity contribution in [3.8, 4) is 29.2 Å². The van der Waals surface area contributed by atoms with Crippen LogP contribution in [0.15, 0.2) is 84.9 Å². The van der Waals surface area contributed by atoms with Gasteiger partial charge in [-0.1, -0.05) is 55.3 Å². The highest BCUT2D eigenvalue weighted by Gasteiger charge is 2.34. The molecule has 3 heterocycles. The molecule has 2 aliphatic heterocycles. The average Bonchev–Trinajstić information content (AvgIpc) is 3.35. The average molecular weight is 619 g/mol. The number of imide groups is 1. The predicted octanol–water partition coefficient (Wildman–Crippen LogP) is 5.09. The zero-order valence-corrected chi connectivity index (χ0v) is 25.6. The lowest BCUT2D eigenvalue weighted by molar-refractivity contribution is -0.102. The lowest BCUT2D eigenvalue weighted by Gasteiger charge is -2.23. The molecule has 9 heteroatoms. The number of ether oxygens (including phenoxy) is 5. The molecule has 0 saturated carbocycles. The van der Waals surface area contributed by atoms with E-state index in [2.05, 4.69) is 11.8 Å². The zero-order valence-electron chi connectivity index (χ0n) is 25.6. The number of amides is 2. The fourth-order valence-corrected chi connectivity index (χ4v) is 5.18. The van der Waals surface area contributed by atoms with Crippen molar-refractivity contribution in [1.29, 1.82) is 0 Å². The van der Waals surface area contributed by atoms with Crippen molar-refractivity contribution in [2.45, 2.75) is 26.1 Å². The molecule has 6 rings (SSSR count). The molecule has 0 radical (unpaired) electrons. The number of benzene rings is 3. The van der Waals surface area contributed by atoms with Gasteiger partial charge < -0.3 is 23.7 Å². The van der Waals surface area contributed by atoms with Gasteiger partial charge in [-0.2, -0.15) is 0 Å². The summed E-state index contributed by atoms with van der Waals surface area (Å²) in [6.45, 7) is 4.67. The molecule has 46 heavy (non-hydrogen) atoms. The summed E-state index contributed by atoms with van der Waals surface area (Å²) < 4.78 is 29.3. The minimum Gasteiger partial charge on any atom is -0.492 e. The van der Waals surface area contributed by atoms with Crippen molar-refractivity contribution in [1.82, 2.24) is 9.88 Å². The maximum atomic E-state index is 12.6. The van der Waals surface area contributed by atoms with Gasteiger partial charge in [0.25, 0.3) is 11.8 Å². The second-order valence-electron chi connectivity index (χ2n) is 10.7. The van der Waals surface area contributed by atoms with Crippen LogP contribution in [-0.2, 0) is 22.5 Å². The van der Waals surface area contributed by atoms with Crippen molar-refractivity contribution in [3.63, 3.8) is 0 Å². The van der Waals surface area contributed by atoms with Gasteiger partial charge in [0, 0.05) is 17.2 Å². The molecular weight excluding hydrogens is 584 g/mol. The van der Waals surface area contributed by atoms with Crippen LogP contribution in [0.2, 0.25) is 0 Å². The molecule has 1 unspecified atom stereocenters. The molecule has 1 aromatic heterocycles. The molecule has 4 aromatic rings. The number of pyridine rings is 1. The Balaban J connectivity index is 1.13. The van der Waals surface area contributed by atoms with Crippen molar-refractivity contribution in [2.75, 3.05) is 39.6 Å². The van der Waals surface area contributed by atoms with Gasteiger partial charge in [-0.05, 0) is 54.3 Å². The fraction of sp³-hybridized carbons (Fsp3) is 0.270. The van der Waals surface area contributed by atoms with E-state index in [1.165, 1.54) is 4.90 Å². The first kappa shape index (κ1) is 30.8. The van der Waals surface area contributed by atoms with Crippen LogP contribution < -0.4 is 14.2 Å². The summed E-state index contributed by atoms with van der Waals surface area (Å²) in [6.07, 6.45) is 0.499. The van der Waals surface area contributed by atoms with Crippen LogP contribution in [0.5, 0.6) is 17.4 Å². The molecule has 2 amide bonds. The van der Waals surface area contributed by atoms with E-state index in [1.54, 1.807) is 36.4 Å². The second kappa shape index (κ2) is 14.7. The minimum absolute atomic E-state index is 0.159. The Morgan fingerprint density at radius 1 is 0.870 bits per heavy atom.